The Bertz CT molecular complexity index is 1240. The molecule has 0 bridgehead atoms. The molecule has 1 atom stereocenters. The van der Waals surface area contributed by atoms with Crippen LogP contribution in [0.4, 0.5) is 5.69 Å². The molecule has 4 rings (SSSR count). The highest BCUT2D eigenvalue weighted by Gasteiger charge is 2.14. The van der Waals surface area contributed by atoms with Gasteiger partial charge in [0, 0.05) is 29.1 Å². The van der Waals surface area contributed by atoms with Gasteiger partial charge in [-0.25, -0.2) is 0 Å². The molecule has 0 spiro atoms. The molecule has 0 amide bonds. The van der Waals surface area contributed by atoms with Gasteiger partial charge >= 0.3 is 0 Å². The lowest BCUT2D eigenvalue weighted by molar-refractivity contribution is 0.705. The second-order valence-electron chi connectivity index (χ2n) is 8.35. The highest BCUT2D eigenvalue weighted by molar-refractivity contribution is 6.39. The van der Waals surface area contributed by atoms with Gasteiger partial charge < -0.3 is 5.32 Å². The molecular formula is C28H27Cl2N3. The SMILES string of the molecule is Cc1nc(C)c(-c2ccnc(-c3c(Cl)cccc3Cl)c2)cc1NC(C)CCc1ccccc1. The van der Waals surface area contributed by atoms with Gasteiger partial charge in [-0.2, -0.15) is 0 Å². The molecule has 0 aliphatic carbocycles. The Hall–Kier alpha value is -2.88. The molecule has 0 saturated heterocycles. The van der Waals surface area contributed by atoms with E-state index in [9.17, 15) is 0 Å². The number of benzene rings is 2. The number of hydrogen-bond donors (Lipinski definition) is 1. The molecule has 2 aromatic heterocycles. The summed E-state index contributed by atoms with van der Waals surface area (Å²) in [6.45, 7) is 6.30. The van der Waals surface area contributed by atoms with Gasteiger partial charge in [0.1, 0.15) is 0 Å². The molecule has 0 aliphatic heterocycles. The Kier molecular flexibility index (Phi) is 7.32. The van der Waals surface area contributed by atoms with E-state index in [1.54, 1.807) is 6.20 Å². The van der Waals surface area contributed by atoms with E-state index >= 15 is 0 Å². The normalized spacial score (nSPS) is 11.9. The minimum Gasteiger partial charge on any atom is -0.381 e. The summed E-state index contributed by atoms with van der Waals surface area (Å²) in [6.07, 6.45) is 3.86. The third kappa shape index (κ3) is 5.55. The predicted molar refractivity (Wildman–Crippen MR) is 140 cm³/mol. The molecule has 3 nitrogen and oxygen atoms in total. The molecule has 0 saturated carbocycles. The first kappa shape index (κ1) is 23.3. The third-order valence-electron chi connectivity index (χ3n) is 5.80. The molecule has 0 fully saturated rings. The van der Waals surface area contributed by atoms with Crippen LogP contribution >= 0.6 is 23.2 Å². The van der Waals surface area contributed by atoms with E-state index in [2.05, 4.69) is 53.6 Å². The molecular weight excluding hydrogens is 449 g/mol. The van der Waals surface area contributed by atoms with Crippen LogP contribution in [0.25, 0.3) is 22.4 Å². The number of aromatic nitrogens is 2. The summed E-state index contributed by atoms with van der Waals surface area (Å²) in [7, 11) is 0. The summed E-state index contributed by atoms with van der Waals surface area (Å²) in [4.78, 5) is 9.35. The van der Waals surface area contributed by atoms with Crippen molar-refractivity contribution in [1.29, 1.82) is 0 Å². The highest BCUT2D eigenvalue weighted by atomic mass is 35.5. The monoisotopic (exact) mass is 475 g/mol. The number of nitrogens with one attached hydrogen (secondary N) is 1. The van der Waals surface area contributed by atoms with Crippen LogP contribution in [0.2, 0.25) is 10.0 Å². The average Bonchev–Trinajstić information content (AvgIpc) is 2.80. The van der Waals surface area contributed by atoms with Crippen LogP contribution in [0.5, 0.6) is 0 Å². The molecule has 0 radical (unpaired) electrons. The Labute approximate surface area is 205 Å². The quantitative estimate of drug-likeness (QED) is 0.292. The molecule has 4 aromatic rings. The van der Waals surface area contributed by atoms with Crippen LogP contribution in [0, 0.1) is 13.8 Å². The van der Waals surface area contributed by atoms with Crippen molar-refractivity contribution in [3.05, 3.63) is 99.9 Å². The predicted octanol–water partition coefficient (Wildman–Crippen LogP) is 8.17. The van der Waals surface area contributed by atoms with Gasteiger partial charge in [-0.15, -0.1) is 0 Å². The van der Waals surface area contributed by atoms with Crippen molar-refractivity contribution in [3.63, 3.8) is 0 Å². The van der Waals surface area contributed by atoms with Gasteiger partial charge in [0.2, 0.25) is 0 Å². The average molecular weight is 476 g/mol. The van der Waals surface area contributed by atoms with Crippen LogP contribution in [-0.4, -0.2) is 16.0 Å². The molecule has 5 heteroatoms. The Morgan fingerprint density at radius 1 is 0.879 bits per heavy atom. The number of pyridine rings is 2. The molecule has 1 N–H and O–H groups in total. The fraction of sp³-hybridized carbons (Fsp3) is 0.214. The second-order valence-corrected chi connectivity index (χ2v) is 9.16. The van der Waals surface area contributed by atoms with Gasteiger partial charge in [0.25, 0.3) is 0 Å². The van der Waals surface area contributed by atoms with Gasteiger partial charge in [-0.05, 0) is 75.1 Å². The van der Waals surface area contributed by atoms with Gasteiger partial charge in [-0.3, -0.25) is 9.97 Å². The number of hydrogen-bond acceptors (Lipinski definition) is 3. The Morgan fingerprint density at radius 3 is 2.33 bits per heavy atom. The summed E-state index contributed by atoms with van der Waals surface area (Å²) in [5.41, 5.74) is 7.94. The van der Waals surface area contributed by atoms with Crippen LogP contribution in [0.1, 0.15) is 30.3 Å². The first-order chi connectivity index (χ1) is 15.9. The van der Waals surface area contributed by atoms with Crippen molar-refractivity contribution in [2.24, 2.45) is 0 Å². The van der Waals surface area contributed by atoms with E-state index in [1.165, 1.54) is 5.56 Å². The van der Waals surface area contributed by atoms with Crippen molar-refractivity contribution in [1.82, 2.24) is 9.97 Å². The summed E-state index contributed by atoms with van der Waals surface area (Å²) in [6, 6.07) is 22.6. The van der Waals surface area contributed by atoms with Gasteiger partial charge in [-0.1, -0.05) is 59.6 Å². The summed E-state index contributed by atoms with van der Waals surface area (Å²) < 4.78 is 0. The van der Waals surface area contributed by atoms with Gasteiger partial charge in [0.15, 0.2) is 0 Å². The van der Waals surface area contributed by atoms with Crippen molar-refractivity contribution in [2.75, 3.05) is 5.32 Å². The zero-order valence-electron chi connectivity index (χ0n) is 19.1. The minimum absolute atomic E-state index is 0.316. The largest absolute Gasteiger partial charge is 0.381 e. The number of nitrogens with zero attached hydrogens (tertiary/aromatic N) is 2. The minimum atomic E-state index is 0.316. The lowest BCUT2D eigenvalue weighted by Gasteiger charge is -2.19. The first-order valence-electron chi connectivity index (χ1n) is 11.1. The topological polar surface area (TPSA) is 37.8 Å². The van der Waals surface area contributed by atoms with Crippen molar-refractivity contribution >= 4 is 28.9 Å². The molecule has 33 heavy (non-hydrogen) atoms. The third-order valence-corrected chi connectivity index (χ3v) is 6.43. The zero-order valence-corrected chi connectivity index (χ0v) is 20.6. The molecule has 2 heterocycles. The summed E-state index contributed by atoms with van der Waals surface area (Å²) in [5, 5.41) is 4.83. The van der Waals surface area contributed by atoms with E-state index in [4.69, 9.17) is 28.2 Å². The molecule has 2 aromatic carbocycles. The highest BCUT2D eigenvalue weighted by Crippen LogP contribution is 2.36. The maximum atomic E-state index is 6.42. The fourth-order valence-corrected chi connectivity index (χ4v) is 4.60. The maximum Gasteiger partial charge on any atom is 0.0738 e. The van der Waals surface area contributed by atoms with E-state index in [1.807, 2.05) is 44.2 Å². The molecule has 168 valence electrons. The van der Waals surface area contributed by atoms with Crippen LogP contribution in [-0.2, 0) is 6.42 Å². The summed E-state index contributed by atoms with van der Waals surface area (Å²) in [5.74, 6) is 0. The zero-order chi connectivity index (χ0) is 23.4. The molecule has 1 unspecified atom stereocenters. The molecule has 0 aliphatic rings. The lowest BCUT2D eigenvalue weighted by atomic mass is 10.0. The van der Waals surface area contributed by atoms with Crippen molar-refractivity contribution in [3.8, 4) is 22.4 Å². The smallest absolute Gasteiger partial charge is 0.0738 e. The summed E-state index contributed by atoms with van der Waals surface area (Å²) >= 11 is 12.8. The number of anilines is 1. The van der Waals surface area contributed by atoms with E-state index < -0.39 is 0 Å². The standard InChI is InChI=1S/C28H27Cl2N3/c1-18(12-13-21-8-5-4-6-9-21)32-26-17-23(19(2)33-20(26)3)22-14-15-31-27(16-22)28-24(29)10-7-11-25(28)30/h4-11,14-18,32H,12-13H2,1-3H3. The Morgan fingerprint density at radius 2 is 1.61 bits per heavy atom. The lowest BCUT2D eigenvalue weighted by Crippen LogP contribution is -2.17. The van der Waals surface area contributed by atoms with Crippen molar-refractivity contribution < 1.29 is 0 Å². The number of rotatable bonds is 7. The number of halogens is 2. The Balaban J connectivity index is 1.60. The van der Waals surface area contributed by atoms with E-state index in [0.29, 0.717) is 16.1 Å². The van der Waals surface area contributed by atoms with E-state index in [0.717, 1.165) is 52.3 Å². The van der Waals surface area contributed by atoms with Crippen LogP contribution < -0.4 is 5.32 Å². The van der Waals surface area contributed by atoms with Crippen LogP contribution in [0.3, 0.4) is 0 Å². The van der Waals surface area contributed by atoms with Gasteiger partial charge in [0.05, 0.1) is 27.1 Å². The number of aryl methyl sites for hydroxylation is 3. The maximum absolute atomic E-state index is 6.42. The fourth-order valence-electron chi connectivity index (χ4n) is 4.01. The second kappa shape index (κ2) is 10.4. The van der Waals surface area contributed by atoms with E-state index in [-0.39, 0.29) is 0 Å². The van der Waals surface area contributed by atoms with Crippen molar-refractivity contribution in [2.45, 2.75) is 39.7 Å². The van der Waals surface area contributed by atoms with Crippen LogP contribution in [0.15, 0.2) is 72.9 Å². The first-order valence-corrected chi connectivity index (χ1v) is 11.9.